The Morgan fingerprint density at radius 1 is 0.960 bits per heavy atom. The lowest BCUT2D eigenvalue weighted by Crippen LogP contribution is -2.35. The van der Waals surface area contributed by atoms with Gasteiger partial charge in [0.2, 0.25) is 0 Å². The zero-order valence-corrected chi connectivity index (χ0v) is 15.0. The van der Waals surface area contributed by atoms with Gasteiger partial charge in [0.25, 0.3) is 0 Å². The summed E-state index contributed by atoms with van der Waals surface area (Å²) in [6.07, 6.45) is 0.336. The van der Waals surface area contributed by atoms with Gasteiger partial charge in [-0.3, -0.25) is 4.90 Å². The van der Waals surface area contributed by atoms with Crippen LogP contribution in [0, 0.1) is 0 Å². The van der Waals surface area contributed by atoms with E-state index in [4.69, 9.17) is 14.2 Å². The van der Waals surface area contributed by atoms with E-state index in [1.54, 1.807) is 21.3 Å². The molecule has 1 unspecified atom stereocenters. The van der Waals surface area contributed by atoms with Crippen molar-refractivity contribution in [2.24, 2.45) is 0 Å². The predicted molar refractivity (Wildman–Crippen MR) is 96.5 cm³/mol. The molecular formula is C20H25NO4. The van der Waals surface area contributed by atoms with Crippen molar-refractivity contribution < 1.29 is 19.3 Å². The molecule has 0 spiro atoms. The first-order valence-electron chi connectivity index (χ1n) is 8.43. The molecule has 0 fully saturated rings. The summed E-state index contributed by atoms with van der Waals surface area (Å²) in [5, 5.41) is 10.6. The molecule has 5 nitrogen and oxygen atoms in total. The molecule has 0 aliphatic carbocycles. The number of fused-ring (bicyclic) bond motifs is 1. The molecule has 3 rings (SSSR count). The van der Waals surface area contributed by atoms with Crippen LogP contribution in [-0.4, -0.2) is 44.4 Å². The summed E-state index contributed by atoms with van der Waals surface area (Å²) in [7, 11) is 4.96. The second kappa shape index (κ2) is 7.76. The smallest absolute Gasteiger partial charge is 0.125 e. The lowest BCUT2D eigenvalue weighted by molar-refractivity contribution is 0.0891. The van der Waals surface area contributed by atoms with E-state index in [0.717, 1.165) is 47.9 Å². The van der Waals surface area contributed by atoms with Gasteiger partial charge in [0.05, 0.1) is 27.4 Å². The van der Waals surface area contributed by atoms with Crippen molar-refractivity contribution in [3.05, 3.63) is 53.1 Å². The molecule has 0 bridgehead atoms. The zero-order valence-electron chi connectivity index (χ0n) is 15.0. The lowest BCUT2D eigenvalue weighted by Gasteiger charge is -2.34. The molecule has 1 atom stereocenters. The van der Waals surface area contributed by atoms with E-state index in [1.807, 2.05) is 24.3 Å². The van der Waals surface area contributed by atoms with E-state index < -0.39 is 6.10 Å². The Labute approximate surface area is 148 Å². The van der Waals surface area contributed by atoms with Gasteiger partial charge in [-0.25, -0.2) is 0 Å². The number of methoxy groups -OCH3 is 3. The number of β-amino-alcohol motifs (C(OH)–C–C–N with tert-alkyl or cyclic N) is 1. The molecule has 5 heteroatoms. The number of hydrogen-bond donors (Lipinski definition) is 1. The van der Waals surface area contributed by atoms with Crippen molar-refractivity contribution in [2.75, 3.05) is 34.4 Å². The predicted octanol–water partition coefficient (Wildman–Crippen LogP) is 2.80. The second-order valence-electron chi connectivity index (χ2n) is 6.21. The van der Waals surface area contributed by atoms with Gasteiger partial charge in [-0.1, -0.05) is 12.1 Å². The number of ether oxygens (including phenoxy) is 3. The van der Waals surface area contributed by atoms with Crippen LogP contribution in [0.2, 0.25) is 0 Å². The van der Waals surface area contributed by atoms with Gasteiger partial charge in [-0.15, -0.1) is 0 Å². The Bertz CT molecular complexity index is 714. The second-order valence-corrected chi connectivity index (χ2v) is 6.21. The van der Waals surface area contributed by atoms with Gasteiger partial charge < -0.3 is 19.3 Å². The van der Waals surface area contributed by atoms with Gasteiger partial charge in [0.1, 0.15) is 17.2 Å². The fraction of sp³-hybridized carbons (Fsp3) is 0.400. The number of aliphatic hydroxyl groups is 1. The van der Waals surface area contributed by atoms with E-state index >= 15 is 0 Å². The summed E-state index contributed by atoms with van der Waals surface area (Å²) in [5.74, 6) is 2.38. The standard InChI is InChI=1S/C20H25NO4/c1-23-15-6-4-14(5-7-15)10-11-21-12-16-18(24-2)8-9-19(25-3)20(16)17(22)13-21/h4-9,17,22H,10-13H2,1-3H3. The Morgan fingerprint density at radius 2 is 1.64 bits per heavy atom. The highest BCUT2D eigenvalue weighted by atomic mass is 16.5. The highest BCUT2D eigenvalue weighted by Crippen LogP contribution is 2.39. The van der Waals surface area contributed by atoms with Crippen LogP contribution in [-0.2, 0) is 13.0 Å². The summed E-state index contributed by atoms with van der Waals surface area (Å²) >= 11 is 0. The van der Waals surface area contributed by atoms with E-state index in [1.165, 1.54) is 5.56 Å². The minimum Gasteiger partial charge on any atom is -0.497 e. The van der Waals surface area contributed by atoms with E-state index in [-0.39, 0.29) is 0 Å². The molecule has 1 aliphatic rings. The Hall–Kier alpha value is -2.24. The van der Waals surface area contributed by atoms with Gasteiger partial charge in [0, 0.05) is 30.8 Å². The van der Waals surface area contributed by atoms with Crippen LogP contribution in [0.3, 0.4) is 0 Å². The van der Waals surface area contributed by atoms with Gasteiger partial charge in [-0.2, -0.15) is 0 Å². The van der Waals surface area contributed by atoms with Gasteiger partial charge in [-0.05, 0) is 36.2 Å². The number of hydrogen-bond acceptors (Lipinski definition) is 5. The molecule has 0 aromatic heterocycles. The molecule has 1 N–H and O–H groups in total. The largest absolute Gasteiger partial charge is 0.497 e. The van der Waals surface area contributed by atoms with E-state index in [2.05, 4.69) is 17.0 Å². The SMILES string of the molecule is COc1ccc(CCN2Cc3c(OC)ccc(OC)c3C(O)C2)cc1. The van der Waals surface area contributed by atoms with E-state index in [0.29, 0.717) is 6.54 Å². The van der Waals surface area contributed by atoms with Crippen LogP contribution >= 0.6 is 0 Å². The number of nitrogens with zero attached hydrogens (tertiary/aromatic N) is 1. The van der Waals surface area contributed by atoms with E-state index in [9.17, 15) is 5.11 Å². The third kappa shape index (κ3) is 3.72. The summed E-state index contributed by atoms with van der Waals surface area (Å²) in [6, 6.07) is 11.9. The maximum atomic E-state index is 10.6. The van der Waals surface area contributed by atoms with Crippen LogP contribution in [0.1, 0.15) is 22.8 Å². The minimum atomic E-state index is -0.579. The maximum absolute atomic E-state index is 10.6. The highest BCUT2D eigenvalue weighted by molar-refractivity contribution is 5.51. The summed E-state index contributed by atoms with van der Waals surface area (Å²) < 4.78 is 16.1. The first-order chi connectivity index (χ1) is 12.2. The van der Waals surface area contributed by atoms with Crippen LogP contribution in [0.5, 0.6) is 17.2 Å². The minimum absolute atomic E-state index is 0.579. The van der Waals surface area contributed by atoms with Crippen molar-refractivity contribution in [1.82, 2.24) is 4.90 Å². The molecule has 0 radical (unpaired) electrons. The average molecular weight is 343 g/mol. The highest BCUT2D eigenvalue weighted by Gasteiger charge is 2.29. The first-order valence-corrected chi connectivity index (χ1v) is 8.43. The summed E-state index contributed by atoms with van der Waals surface area (Å²) in [5.41, 5.74) is 3.11. The molecule has 25 heavy (non-hydrogen) atoms. The Morgan fingerprint density at radius 3 is 2.28 bits per heavy atom. The molecule has 1 heterocycles. The van der Waals surface area contributed by atoms with Crippen LogP contribution in [0.25, 0.3) is 0 Å². The maximum Gasteiger partial charge on any atom is 0.125 e. The molecular weight excluding hydrogens is 318 g/mol. The number of aliphatic hydroxyl groups excluding tert-OH is 1. The van der Waals surface area contributed by atoms with Crippen molar-refractivity contribution in [1.29, 1.82) is 0 Å². The monoisotopic (exact) mass is 343 g/mol. The summed E-state index contributed by atoms with van der Waals surface area (Å²) in [6.45, 7) is 2.19. The first kappa shape index (κ1) is 17.6. The normalized spacial score (nSPS) is 17.0. The fourth-order valence-electron chi connectivity index (χ4n) is 3.39. The average Bonchev–Trinajstić information content (AvgIpc) is 2.65. The van der Waals surface area contributed by atoms with Crippen LogP contribution in [0.15, 0.2) is 36.4 Å². The molecule has 0 amide bonds. The van der Waals surface area contributed by atoms with Crippen LogP contribution < -0.4 is 14.2 Å². The topological polar surface area (TPSA) is 51.2 Å². The molecule has 2 aromatic carbocycles. The van der Waals surface area contributed by atoms with Crippen molar-refractivity contribution in [2.45, 2.75) is 19.1 Å². The summed E-state index contributed by atoms with van der Waals surface area (Å²) in [4.78, 5) is 2.25. The van der Waals surface area contributed by atoms with Gasteiger partial charge >= 0.3 is 0 Å². The van der Waals surface area contributed by atoms with Crippen molar-refractivity contribution in [3.8, 4) is 17.2 Å². The molecule has 0 saturated heterocycles. The zero-order chi connectivity index (χ0) is 17.8. The quantitative estimate of drug-likeness (QED) is 0.874. The number of benzene rings is 2. The molecule has 1 aliphatic heterocycles. The Kier molecular flexibility index (Phi) is 5.46. The fourth-order valence-corrected chi connectivity index (χ4v) is 3.39. The Balaban J connectivity index is 1.74. The van der Waals surface area contributed by atoms with Crippen molar-refractivity contribution in [3.63, 3.8) is 0 Å². The van der Waals surface area contributed by atoms with Crippen molar-refractivity contribution >= 4 is 0 Å². The molecule has 0 saturated carbocycles. The third-order valence-electron chi connectivity index (χ3n) is 4.74. The molecule has 134 valence electrons. The molecule has 2 aromatic rings. The van der Waals surface area contributed by atoms with Gasteiger partial charge in [0.15, 0.2) is 0 Å². The lowest BCUT2D eigenvalue weighted by atomic mass is 9.95. The van der Waals surface area contributed by atoms with Crippen LogP contribution in [0.4, 0.5) is 0 Å². The third-order valence-corrected chi connectivity index (χ3v) is 4.74. The number of rotatable bonds is 6.